The van der Waals surface area contributed by atoms with Crippen molar-refractivity contribution < 1.29 is 4.79 Å². The van der Waals surface area contributed by atoms with Crippen molar-refractivity contribution in [3.8, 4) is 0 Å². The summed E-state index contributed by atoms with van der Waals surface area (Å²) >= 11 is 0. The Kier molecular flexibility index (Phi) is 5.47. The number of hydrogen-bond acceptors (Lipinski definition) is 2. The van der Waals surface area contributed by atoms with Crippen molar-refractivity contribution in [1.82, 2.24) is 4.90 Å². The van der Waals surface area contributed by atoms with E-state index in [2.05, 4.69) is 71.6 Å². The van der Waals surface area contributed by atoms with Crippen molar-refractivity contribution in [2.75, 3.05) is 6.54 Å². The molecule has 0 N–H and O–H groups in total. The Hall–Kier alpha value is -3.49. The normalized spacial score (nSPS) is 15.9. The summed E-state index contributed by atoms with van der Waals surface area (Å²) in [5.74, 6) is 0.0670. The highest BCUT2D eigenvalue weighted by Gasteiger charge is 2.28. The molecule has 0 saturated carbocycles. The first-order valence-electron chi connectivity index (χ1n) is 10.8. The van der Waals surface area contributed by atoms with E-state index in [0.29, 0.717) is 0 Å². The molecular formula is C29H25NO. The van der Waals surface area contributed by atoms with Gasteiger partial charge in [-0.15, -0.1) is 0 Å². The van der Waals surface area contributed by atoms with Crippen molar-refractivity contribution in [3.63, 3.8) is 0 Å². The average Bonchev–Trinajstić information content (AvgIpc) is 2.85. The molecule has 0 aliphatic carbocycles. The van der Waals surface area contributed by atoms with Crippen LogP contribution in [0.1, 0.15) is 44.2 Å². The summed E-state index contributed by atoms with van der Waals surface area (Å²) in [6, 6.07) is 37.3. The lowest BCUT2D eigenvalue weighted by molar-refractivity contribution is 0.103. The van der Waals surface area contributed by atoms with Gasteiger partial charge in [-0.2, -0.15) is 0 Å². The maximum Gasteiger partial charge on any atom is 0.193 e. The Morgan fingerprint density at radius 3 is 2.06 bits per heavy atom. The summed E-state index contributed by atoms with van der Waals surface area (Å²) in [5, 5.41) is 0. The lowest BCUT2D eigenvalue weighted by Crippen LogP contribution is -2.35. The molecule has 0 fully saturated rings. The van der Waals surface area contributed by atoms with Crippen molar-refractivity contribution in [2.24, 2.45) is 0 Å². The van der Waals surface area contributed by atoms with Crippen LogP contribution < -0.4 is 0 Å². The fourth-order valence-electron chi connectivity index (χ4n) is 4.57. The minimum absolute atomic E-state index is 0.0670. The quantitative estimate of drug-likeness (QED) is 0.377. The van der Waals surface area contributed by atoms with Gasteiger partial charge >= 0.3 is 0 Å². The molecule has 4 aromatic rings. The molecule has 0 amide bonds. The fraction of sp³-hybridized carbons (Fsp3) is 0.138. The Bertz CT molecular complexity index is 1170. The van der Waals surface area contributed by atoms with Gasteiger partial charge in [-0.05, 0) is 28.7 Å². The largest absolute Gasteiger partial charge is 0.289 e. The molecular weight excluding hydrogens is 378 g/mol. The third-order valence-corrected chi connectivity index (χ3v) is 6.14. The first kappa shape index (κ1) is 19.5. The van der Waals surface area contributed by atoms with E-state index in [1.54, 1.807) is 0 Å². The van der Waals surface area contributed by atoms with Crippen LogP contribution in [0.15, 0.2) is 109 Å². The van der Waals surface area contributed by atoms with Crippen LogP contribution >= 0.6 is 0 Å². The molecule has 152 valence electrons. The summed E-state index contributed by atoms with van der Waals surface area (Å²) in [6.45, 7) is 1.92. The molecule has 2 nitrogen and oxygen atoms in total. The van der Waals surface area contributed by atoms with Crippen LogP contribution in [-0.4, -0.2) is 17.2 Å². The van der Waals surface area contributed by atoms with Gasteiger partial charge in [0, 0.05) is 24.2 Å². The molecule has 2 heteroatoms. The van der Waals surface area contributed by atoms with Crippen LogP contribution in [0, 0.1) is 0 Å². The number of fused-ring (bicyclic) bond motifs is 1. The maximum atomic E-state index is 12.8. The summed E-state index contributed by atoms with van der Waals surface area (Å²) in [6.07, 6.45) is 1.06. The molecule has 0 aromatic heterocycles. The van der Waals surface area contributed by atoms with Gasteiger partial charge in [0.1, 0.15) is 0 Å². The molecule has 1 aliphatic rings. The monoisotopic (exact) mass is 403 g/mol. The first-order valence-corrected chi connectivity index (χ1v) is 10.8. The van der Waals surface area contributed by atoms with Gasteiger partial charge in [0.25, 0.3) is 0 Å². The second-order valence-corrected chi connectivity index (χ2v) is 8.12. The van der Waals surface area contributed by atoms with Gasteiger partial charge in [-0.1, -0.05) is 109 Å². The first-order chi connectivity index (χ1) is 15.3. The highest BCUT2D eigenvalue weighted by molar-refractivity contribution is 6.08. The van der Waals surface area contributed by atoms with E-state index in [9.17, 15) is 4.79 Å². The van der Waals surface area contributed by atoms with Crippen molar-refractivity contribution in [1.29, 1.82) is 0 Å². The van der Waals surface area contributed by atoms with Crippen LogP contribution in [0.2, 0.25) is 0 Å². The van der Waals surface area contributed by atoms with Crippen LogP contribution in [0.5, 0.6) is 0 Å². The molecule has 1 unspecified atom stereocenters. The Labute approximate surface area is 183 Å². The van der Waals surface area contributed by atoms with E-state index in [1.165, 1.54) is 22.3 Å². The Morgan fingerprint density at radius 2 is 1.32 bits per heavy atom. The topological polar surface area (TPSA) is 20.3 Å². The Balaban J connectivity index is 1.48. The van der Waals surface area contributed by atoms with Gasteiger partial charge in [0.15, 0.2) is 5.78 Å². The van der Waals surface area contributed by atoms with Crippen LogP contribution in [0.4, 0.5) is 0 Å². The summed E-state index contributed by atoms with van der Waals surface area (Å²) in [4.78, 5) is 15.4. The van der Waals surface area contributed by atoms with Crippen molar-refractivity contribution in [3.05, 3.63) is 143 Å². The smallest absolute Gasteiger partial charge is 0.193 e. The second-order valence-electron chi connectivity index (χ2n) is 8.12. The van der Waals surface area contributed by atoms with Gasteiger partial charge < -0.3 is 0 Å². The minimum atomic E-state index is 0.0670. The lowest BCUT2D eigenvalue weighted by Gasteiger charge is -2.38. The van der Waals surface area contributed by atoms with Gasteiger partial charge in [-0.3, -0.25) is 9.69 Å². The van der Waals surface area contributed by atoms with Crippen LogP contribution in [0.3, 0.4) is 0 Å². The molecule has 1 aliphatic heterocycles. The Morgan fingerprint density at radius 1 is 0.710 bits per heavy atom. The molecule has 4 aromatic carbocycles. The fourth-order valence-corrected chi connectivity index (χ4v) is 4.57. The molecule has 31 heavy (non-hydrogen) atoms. The number of carbonyl (C=O) groups excluding carboxylic acids is 1. The van der Waals surface area contributed by atoms with Gasteiger partial charge in [0.2, 0.25) is 0 Å². The number of rotatable bonds is 5. The SMILES string of the molecule is O=C(c1ccccc1)c1ccc(C2c3ccccc3CCN2Cc2ccccc2)cc1. The number of ketones is 1. The second kappa shape index (κ2) is 8.71. The van der Waals surface area contributed by atoms with Crippen LogP contribution in [0.25, 0.3) is 0 Å². The van der Waals surface area contributed by atoms with E-state index >= 15 is 0 Å². The maximum absolute atomic E-state index is 12.8. The van der Waals surface area contributed by atoms with E-state index in [1.807, 2.05) is 42.5 Å². The summed E-state index contributed by atoms with van der Waals surface area (Å²) < 4.78 is 0. The molecule has 5 rings (SSSR count). The molecule has 0 saturated heterocycles. The number of carbonyl (C=O) groups is 1. The van der Waals surface area contributed by atoms with E-state index in [-0.39, 0.29) is 11.8 Å². The number of nitrogens with zero attached hydrogens (tertiary/aromatic N) is 1. The zero-order valence-corrected chi connectivity index (χ0v) is 17.4. The molecule has 1 atom stereocenters. The zero-order valence-electron chi connectivity index (χ0n) is 17.4. The third-order valence-electron chi connectivity index (χ3n) is 6.14. The predicted octanol–water partition coefficient (Wildman–Crippen LogP) is 6.07. The van der Waals surface area contributed by atoms with E-state index in [0.717, 1.165) is 30.6 Å². The molecule has 0 bridgehead atoms. The standard InChI is InChI=1S/C29H25NO/c31-29(25-12-5-2-6-13-25)26-17-15-24(16-18-26)28-27-14-8-7-11-23(27)19-20-30(28)21-22-9-3-1-4-10-22/h1-18,28H,19-21H2. The lowest BCUT2D eigenvalue weighted by atomic mass is 9.87. The summed E-state index contributed by atoms with van der Waals surface area (Å²) in [5.41, 5.74) is 6.79. The van der Waals surface area contributed by atoms with Gasteiger partial charge in [0.05, 0.1) is 6.04 Å². The number of hydrogen-bond donors (Lipinski definition) is 0. The predicted molar refractivity (Wildman–Crippen MR) is 125 cm³/mol. The van der Waals surface area contributed by atoms with Gasteiger partial charge in [-0.25, -0.2) is 0 Å². The molecule has 0 radical (unpaired) electrons. The highest BCUT2D eigenvalue weighted by atomic mass is 16.1. The number of benzene rings is 4. The molecule has 1 heterocycles. The summed E-state index contributed by atoms with van der Waals surface area (Å²) in [7, 11) is 0. The van der Waals surface area contributed by atoms with Crippen LogP contribution in [-0.2, 0) is 13.0 Å². The van der Waals surface area contributed by atoms with E-state index in [4.69, 9.17) is 0 Å². The van der Waals surface area contributed by atoms with E-state index < -0.39 is 0 Å². The highest BCUT2D eigenvalue weighted by Crippen LogP contribution is 2.36. The average molecular weight is 404 g/mol. The molecule has 0 spiro atoms. The van der Waals surface area contributed by atoms with Crippen molar-refractivity contribution >= 4 is 5.78 Å². The van der Waals surface area contributed by atoms with Crippen molar-refractivity contribution in [2.45, 2.75) is 19.0 Å². The third kappa shape index (κ3) is 4.08. The zero-order chi connectivity index (χ0) is 21.0. The minimum Gasteiger partial charge on any atom is -0.289 e.